The number of carboxylic acids is 1. The van der Waals surface area contributed by atoms with Crippen molar-refractivity contribution in [3.05, 3.63) is 17.7 Å². The highest BCUT2D eigenvalue weighted by molar-refractivity contribution is 5.91. The van der Waals surface area contributed by atoms with Crippen molar-refractivity contribution >= 4 is 11.7 Å². The second-order valence-corrected chi connectivity index (χ2v) is 6.26. The van der Waals surface area contributed by atoms with Gasteiger partial charge in [0.1, 0.15) is 5.82 Å². The molecule has 0 unspecified atom stereocenters. The van der Waals surface area contributed by atoms with Gasteiger partial charge in [-0.1, -0.05) is 13.8 Å². The number of carboxylic acid groups (broad SMARTS) is 1. The smallest absolute Gasteiger partial charge is 0.356 e. The van der Waals surface area contributed by atoms with Gasteiger partial charge in [0.25, 0.3) is 0 Å². The van der Waals surface area contributed by atoms with Gasteiger partial charge in [0.15, 0.2) is 5.69 Å². The molecule has 1 aromatic heterocycles. The Bertz CT molecular complexity index is 505. The lowest BCUT2D eigenvalue weighted by atomic mass is 9.86. The number of hydrogen-bond acceptors (Lipinski definition) is 5. The Kier molecular flexibility index (Phi) is 4.39. The van der Waals surface area contributed by atoms with Crippen LogP contribution in [-0.4, -0.2) is 37.3 Å². The van der Waals surface area contributed by atoms with Gasteiger partial charge >= 0.3 is 5.97 Å². The lowest BCUT2D eigenvalue weighted by Crippen LogP contribution is -2.51. The number of hydrogen-bond donors (Lipinski definition) is 3. The summed E-state index contributed by atoms with van der Waals surface area (Å²) in [6.07, 6.45) is 1.46. The van der Waals surface area contributed by atoms with Crippen LogP contribution in [0.3, 0.4) is 0 Å². The van der Waals surface area contributed by atoms with Crippen molar-refractivity contribution < 1.29 is 15.0 Å². The molecule has 0 aliphatic rings. The average molecular weight is 281 g/mol. The van der Waals surface area contributed by atoms with Crippen LogP contribution < -0.4 is 5.32 Å². The zero-order valence-corrected chi connectivity index (χ0v) is 12.9. The molecule has 1 heterocycles. The summed E-state index contributed by atoms with van der Waals surface area (Å²) in [4.78, 5) is 19.6. The summed E-state index contributed by atoms with van der Waals surface area (Å²) >= 11 is 0. The predicted octanol–water partition coefficient (Wildman–Crippen LogP) is 2.26. The molecule has 1 aromatic rings. The molecule has 20 heavy (non-hydrogen) atoms. The van der Waals surface area contributed by atoms with Gasteiger partial charge in [-0.2, -0.15) is 0 Å². The molecule has 0 saturated carbocycles. The van der Waals surface area contributed by atoms with Gasteiger partial charge in [0, 0.05) is 5.92 Å². The number of aromatic carboxylic acids is 1. The highest BCUT2D eigenvalue weighted by Crippen LogP contribution is 2.27. The molecule has 0 radical (unpaired) electrons. The quantitative estimate of drug-likeness (QED) is 0.766. The minimum Gasteiger partial charge on any atom is -0.476 e. The first-order valence-electron chi connectivity index (χ1n) is 6.56. The summed E-state index contributed by atoms with van der Waals surface area (Å²) in [6.45, 7) is 10.7. The fraction of sp³-hybridized carbons (Fsp3) is 0.643. The van der Waals surface area contributed by atoms with E-state index < -0.39 is 17.1 Å². The van der Waals surface area contributed by atoms with Gasteiger partial charge in [0.05, 0.1) is 23.0 Å². The molecule has 1 rings (SSSR count). The summed E-state index contributed by atoms with van der Waals surface area (Å²) in [5.74, 6) is -0.596. The molecule has 112 valence electrons. The van der Waals surface area contributed by atoms with Crippen LogP contribution in [0.15, 0.2) is 6.20 Å². The van der Waals surface area contributed by atoms with Crippen LogP contribution in [0, 0.1) is 0 Å². The van der Waals surface area contributed by atoms with E-state index in [1.54, 1.807) is 27.7 Å². The van der Waals surface area contributed by atoms with E-state index in [-0.39, 0.29) is 11.6 Å². The number of nitrogens with one attached hydrogen (secondary N) is 1. The van der Waals surface area contributed by atoms with Crippen molar-refractivity contribution in [1.82, 2.24) is 9.97 Å². The van der Waals surface area contributed by atoms with Crippen LogP contribution in [0.5, 0.6) is 0 Å². The molecule has 3 N–H and O–H groups in total. The molecule has 0 bridgehead atoms. The van der Waals surface area contributed by atoms with E-state index >= 15 is 0 Å². The molecule has 0 aromatic carbocycles. The van der Waals surface area contributed by atoms with Gasteiger partial charge in [-0.3, -0.25) is 0 Å². The van der Waals surface area contributed by atoms with Crippen molar-refractivity contribution in [2.75, 3.05) is 5.32 Å². The number of aliphatic hydroxyl groups is 1. The van der Waals surface area contributed by atoms with Crippen LogP contribution in [0.1, 0.15) is 63.8 Å². The Morgan fingerprint density at radius 3 is 2.25 bits per heavy atom. The Hall–Kier alpha value is -1.69. The number of nitrogens with zero attached hydrogens (tertiary/aromatic N) is 2. The first-order chi connectivity index (χ1) is 8.95. The molecule has 6 nitrogen and oxygen atoms in total. The average Bonchev–Trinajstić information content (AvgIpc) is 2.26. The summed E-state index contributed by atoms with van der Waals surface area (Å²) in [5, 5.41) is 22.4. The molecule has 0 saturated heterocycles. The summed E-state index contributed by atoms with van der Waals surface area (Å²) in [6, 6.07) is 0. The minimum absolute atomic E-state index is 0.0458. The largest absolute Gasteiger partial charge is 0.476 e. The van der Waals surface area contributed by atoms with E-state index in [0.29, 0.717) is 11.5 Å². The third-order valence-corrected chi connectivity index (χ3v) is 3.50. The van der Waals surface area contributed by atoms with Crippen molar-refractivity contribution in [1.29, 1.82) is 0 Å². The van der Waals surface area contributed by atoms with Gasteiger partial charge < -0.3 is 15.5 Å². The monoisotopic (exact) mass is 281 g/mol. The summed E-state index contributed by atoms with van der Waals surface area (Å²) in [7, 11) is 0. The maximum absolute atomic E-state index is 11.3. The highest BCUT2D eigenvalue weighted by atomic mass is 16.4. The van der Waals surface area contributed by atoms with E-state index in [4.69, 9.17) is 0 Å². The fourth-order valence-corrected chi connectivity index (χ4v) is 1.42. The molecule has 0 fully saturated rings. The maximum atomic E-state index is 11.3. The topological polar surface area (TPSA) is 95.3 Å². The molecule has 0 aliphatic heterocycles. The van der Waals surface area contributed by atoms with Crippen LogP contribution >= 0.6 is 0 Å². The van der Waals surface area contributed by atoms with Crippen LogP contribution in [0.25, 0.3) is 0 Å². The van der Waals surface area contributed by atoms with Crippen molar-refractivity contribution in [2.24, 2.45) is 0 Å². The number of anilines is 1. The first kappa shape index (κ1) is 16.4. The first-order valence-corrected chi connectivity index (χ1v) is 6.56. The van der Waals surface area contributed by atoms with Gasteiger partial charge in [-0.15, -0.1) is 0 Å². The molecule has 0 amide bonds. The number of aromatic nitrogens is 2. The van der Waals surface area contributed by atoms with Gasteiger partial charge in [0.2, 0.25) is 0 Å². The van der Waals surface area contributed by atoms with E-state index in [2.05, 4.69) is 15.3 Å². The second-order valence-electron chi connectivity index (χ2n) is 6.26. The standard InChI is InChI=1S/C14H23N3O3/c1-8(2)11-15-7-9(10(16-11)12(18)19)17-13(3,4)14(5,6)20/h7-8,17,20H,1-6H3,(H,18,19). The SMILES string of the molecule is CC(C)c1ncc(NC(C)(C)C(C)(C)O)c(C(=O)O)n1. The molecular weight excluding hydrogens is 258 g/mol. The number of rotatable bonds is 5. The van der Waals surface area contributed by atoms with Crippen molar-refractivity contribution in [3.8, 4) is 0 Å². The van der Waals surface area contributed by atoms with E-state index in [1.165, 1.54) is 6.20 Å². The number of carbonyl (C=O) groups is 1. The van der Waals surface area contributed by atoms with E-state index in [1.807, 2.05) is 13.8 Å². The molecule has 0 atom stereocenters. The summed E-state index contributed by atoms with van der Waals surface area (Å²) < 4.78 is 0. The fourth-order valence-electron chi connectivity index (χ4n) is 1.42. The molecule has 0 spiro atoms. The van der Waals surface area contributed by atoms with E-state index in [0.717, 1.165) is 0 Å². The van der Waals surface area contributed by atoms with E-state index in [9.17, 15) is 15.0 Å². The predicted molar refractivity (Wildman–Crippen MR) is 77.1 cm³/mol. The zero-order valence-electron chi connectivity index (χ0n) is 12.9. The lowest BCUT2D eigenvalue weighted by Gasteiger charge is -2.38. The Labute approximate surface area is 119 Å². The third-order valence-electron chi connectivity index (χ3n) is 3.50. The van der Waals surface area contributed by atoms with Crippen molar-refractivity contribution in [2.45, 2.75) is 58.6 Å². The van der Waals surface area contributed by atoms with Crippen LogP contribution in [-0.2, 0) is 0 Å². The molecule has 6 heteroatoms. The highest BCUT2D eigenvalue weighted by Gasteiger charge is 2.36. The second kappa shape index (κ2) is 5.36. The Morgan fingerprint density at radius 2 is 1.85 bits per heavy atom. The van der Waals surface area contributed by atoms with Crippen molar-refractivity contribution in [3.63, 3.8) is 0 Å². The van der Waals surface area contributed by atoms with Gasteiger partial charge in [-0.05, 0) is 27.7 Å². The Morgan fingerprint density at radius 1 is 1.30 bits per heavy atom. The maximum Gasteiger partial charge on any atom is 0.356 e. The molecule has 0 aliphatic carbocycles. The molecular formula is C14H23N3O3. The normalized spacial score (nSPS) is 12.6. The summed E-state index contributed by atoms with van der Waals surface area (Å²) in [5.41, 5.74) is -1.56. The minimum atomic E-state index is -1.12. The van der Waals surface area contributed by atoms with Crippen LogP contribution in [0.2, 0.25) is 0 Å². The lowest BCUT2D eigenvalue weighted by molar-refractivity contribution is 0.0239. The third kappa shape index (κ3) is 3.45. The van der Waals surface area contributed by atoms with Crippen LogP contribution in [0.4, 0.5) is 5.69 Å². The Balaban J connectivity index is 3.23. The zero-order chi connectivity index (χ0) is 15.7. The van der Waals surface area contributed by atoms with Gasteiger partial charge in [-0.25, -0.2) is 14.8 Å².